The number of carbonyl (C=O) groups is 4. The highest BCUT2D eigenvalue weighted by Crippen LogP contribution is 2.23. The number of hydrogen-bond donors (Lipinski definition) is 2. The van der Waals surface area contributed by atoms with E-state index in [1.807, 2.05) is 6.92 Å². The van der Waals surface area contributed by atoms with Gasteiger partial charge in [0.1, 0.15) is 11.6 Å². The summed E-state index contributed by atoms with van der Waals surface area (Å²) in [6.07, 6.45) is -0.455. The number of amides is 2. The van der Waals surface area contributed by atoms with E-state index in [0.29, 0.717) is 11.4 Å². The predicted molar refractivity (Wildman–Crippen MR) is 79.0 cm³/mol. The van der Waals surface area contributed by atoms with Crippen LogP contribution in [0.4, 0.5) is 11.4 Å². The zero-order chi connectivity index (χ0) is 16.0. The molecule has 112 valence electrons. The molecular formula is C15H18N2O4. The Morgan fingerprint density at radius 1 is 0.857 bits per heavy atom. The summed E-state index contributed by atoms with van der Waals surface area (Å²) in [5.41, 5.74) is 1.68. The third kappa shape index (κ3) is 5.99. The second kappa shape index (κ2) is 7.33. The molecule has 0 aromatic heterocycles. The molecule has 6 heteroatoms. The molecule has 1 aromatic rings. The van der Waals surface area contributed by atoms with E-state index in [1.54, 1.807) is 18.2 Å². The highest BCUT2D eigenvalue weighted by molar-refractivity contribution is 6.08. The number of rotatable bonds is 6. The van der Waals surface area contributed by atoms with Gasteiger partial charge in [-0.3, -0.25) is 19.2 Å². The number of benzene rings is 1. The van der Waals surface area contributed by atoms with Crippen LogP contribution in [0.15, 0.2) is 18.2 Å². The van der Waals surface area contributed by atoms with Gasteiger partial charge in [-0.25, -0.2) is 0 Å². The van der Waals surface area contributed by atoms with E-state index < -0.39 is 11.8 Å². The van der Waals surface area contributed by atoms with Crippen LogP contribution in [0, 0.1) is 6.92 Å². The lowest BCUT2D eigenvalue weighted by atomic mass is 10.1. The van der Waals surface area contributed by atoms with Crippen LogP contribution in [-0.2, 0) is 19.2 Å². The van der Waals surface area contributed by atoms with E-state index in [9.17, 15) is 19.2 Å². The molecule has 1 aromatic carbocycles. The minimum atomic E-state index is -0.451. The zero-order valence-corrected chi connectivity index (χ0v) is 12.3. The number of aryl methyl sites for hydroxylation is 1. The standard InChI is InChI=1S/C15H18N2O4/c1-9-4-5-12(16-14(20)7-10(2)18)13(6-9)17-15(21)8-11(3)19/h4-6H,7-8H2,1-3H3,(H,16,20)(H,17,21). The van der Waals surface area contributed by atoms with Crippen molar-refractivity contribution in [1.82, 2.24) is 0 Å². The molecule has 0 saturated heterocycles. The van der Waals surface area contributed by atoms with Crippen molar-refractivity contribution < 1.29 is 19.2 Å². The Kier molecular flexibility index (Phi) is 5.78. The molecule has 0 spiro atoms. The molecule has 0 fully saturated rings. The molecule has 0 unspecified atom stereocenters. The Hall–Kier alpha value is -2.50. The Balaban J connectivity index is 2.89. The lowest BCUT2D eigenvalue weighted by molar-refractivity contribution is -0.126. The van der Waals surface area contributed by atoms with Crippen molar-refractivity contribution in [3.8, 4) is 0 Å². The van der Waals surface area contributed by atoms with Gasteiger partial charge in [0, 0.05) is 0 Å². The number of anilines is 2. The summed E-state index contributed by atoms with van der Waals surface area (Å²) in [7, 11) is 0. The predicted octanol–water partition coefficient (Wildman–Crippen LogP) is 1.83. The molecular weight excluding hydrogens is 272 g/mol. The number of ketones is 2. The largest absolute Gasteiger partial charge is 0.324 e. The van der Waals surface area contributed by atoms with Gasteiger partial charge in [-0.2, -0.15) is 0 Å². The Morgan fingerprint density at radius 3 is 1.81 bits per heavy atom. The van der Waals surface area contributed by atoms with Gasteiger partial charge in [-0.05, 0) is 38.5 Å². The molecule has 21 heavy (non-hydrogen) atoms. The average molecular weight is 290 g/mol. The summed E-state index contributed by atoms with van der Waals surface area (Å²) in [5, 5.41) is 5.15. The smallest absolute Gasteiger partial charge is 0.231 e. The van der Waals surface area contributed by atoms with Crippen LogP contribution in [0.25, 0.3) is 0 Å². The molecule has 6 nitrogen and oxygen atoms in total. The van der Waals surface area contributed by atoms with Crippen LogP contribution >= 0.6 is 0 Å². The fourth-order valence-electron chi connectivity index (χ4n) is 1.71. The zero-order valence-electron chi connectivity index (χ0n) is 12.3. The second-order valence-corrected chi connectivity index (χ2v) is 4.90. The van der Waals surface area contributed by atoms with Gasteiger partial charge in [0.2, 0.25) is 11.8 Å². The van der Waals surface area contributed by atoms with Crippen LogP contribution in [0.5, 0.6) is 0 Å². The highest BCUT2D eigenvalue weighted by atomic mass is 16.2. The second-order valence-electron chi connectivity index (χ2n) is 4.90. The molecule has 0 aliphatic carbocycles. The third-order valence-electron chi connectivity index (χ3n) is 2.54. The van der Waals surface area contributed by atoms with Crippen molar-refractivity contribution >= 4 is 34.8 Å². The van der Waals surface area contributed by atoms with Crippen LogP contribution in [0.1, 0.15) is 32.3 Å². The fraction of sp³-hybridized carbons (Fsp3) is 0.333. The summed E-state index contributed by atoms with van der Waals surface area (Å²) in [6.45, 7) is 4.48. The lowest BCUT2D eigenvalue weighted by Crippen LogP contribution is -2.19. The van der Waals surface area contributed by atoms with E-state index in [4.69, 9.17) is 0 Å². The molecule has 0 radical (unpaired) electrons. The number of hydrogen-bond acceptors (Lipinski definition) is 4. The first-order valence-electron chi connectivity index (χ1n) is 6.47. The lowest BCUT2D eigenvalue weighted by Gasteiger charge is -2.12. The molecule has 0 bridgehead atoms. The summed E-state index contributed by atoms with van der Waals surface area (Å²) < 4.78 is 0. The van der Waals surface area contributed by atoms with Crippen LogP contribution in [0.3, 0.4) is 0 Å². The first-order valence-corrected chi connectivity index (χ1v) is 6.47. The molecule has 1 rings (SSSR count). The van der Waals surface area contributed by atoms with E-state index in [2.05, 4.69) is 10.6 Å². The van der Waals surface area contributed by atoms with Gasteiger partial charge < -0.3 is 10.6 Å². The van der Waals surface area contributed by atoms with Gasteiger partial charge in [0.25, 0.3) is 0 Å². The van der Waals surface area contributed by atoms with Crippen LogP contribution < -0.4 is 10.6 Å². The first-order chi connectivity index (χ1) is 9.77. The van der Waals surface area contributed by atoms with Gasteiger partial charge in [0.05, 0.1) is 24.2 Å². The summed E-state index contributed by atoms with van der Waals surface area (Å²) in [6, 6.07) is 5.09. The Bertz CT molecular complexity index is 593. The third-order valence-corrected chi connectivity index (χ3v) is 2.54. The number of carbonyl (C=O) groups excluding carboxylic acids is 4. The monoisotopic (exact) mass is 290 g/mol. The molecule has 0 aliphatic rings. The molecule has 0 heterocycles. The van der Waals surface area contributed by atoms with Crippen molar-refractivity contribution in [2.24, 2.45) is 0 Å². The maximum Gasteiger partial charge on any atom is 0.231 e. The van der Waals surface area contributed by atoms with Crippen molar-refractivity contribution in [3.05, 3.63) is 23.8 Å². The van der Waals surface area contributed by atoms with Crippen molar-refractivity contribution in [1.29, 1.82) is 0 Å². The number of nitrogens with one attached hydrogen (secondary N) is 2. The van der Waals surface area contributed by atoms with Gasteiger partial charge in [-0.15, -0.1) is 0 Å². The van der Waals surface area contributed by atoms with Crippen molar-refractivity contribution in [3.63, 3.8) is 0 Å². The van der Waals surface area contributed by atoms with E-state index >= 15 is 0 Å². The van der Waals surface area contributed by atoms with Gasteiger partial charge in [0.15, 0.2) is 0 Å². The molecule has 2 N–H and O–H groups in total. The normalized spacial score (nSPS) is 9.86. The van der Waals surface area contributed by atoms with Crippen LogP contribution in [0.2, 0.25) is 0 Å². The Morgan fingerprint density at radius 2 is 1.33 bits per heavy atom. The van der Waals surface area contributed by atoms with Gasteiger partial charge in [-0.1, -0.05) is 6.07 Å². The first kappa shape index (κ1) is 16.6. The molecule has 0 aliphatic heterocycles. The highest BCUT2D eigenvalue weighted by Gasteiger charge is 2.12. The van der Waals surface area contributed by atoms with Crippen molar-refractivity contribution in [2.45, 2.75) is 33.6 Å². The Labute approximate surface area is 122 Å². The minimum absolute atomic E-state index is 0.227. The maximum atomic E-state index is 11.7. The topological polar surface area (TPSA) is 92.3 Å². The minimum Gasteiger partial charge on any atom is -0.324 e. The van der Waals surface area contributed by atoms with E-state index in [-0.39, 0.29) is 24.4 Å². The van der Waals surface area contributed by atoms with E-state index in [0.717, 1.165) is 5.56 Å². The SMILES string of the molecule is CC(=O)CC(=O)Nc1ccc(C)cc1NC(=O)CC(C)=O. The number of Topliss-reactive ketones (excluding diaryl/α,β-unsaturated/α-hetero) is 2. The average Bonchev–Trinajstić information content (AvgIpc) is 2.30. The fourth-order valence-corrected chi connectivity index (χ4v) is 1.71. The summed E-state index contributed by atoms with van der Waals surface area (Å²) in [5.74, 6) is -1.40. The quantitative estimate of drug-likeness (QED) is 0.782. The molecule has 0 atom stereocenters. The summed E-state index contributed by atoms with van der Waals surface area (Å²) >= 11 is 0. The van der Waals surface area contributed by atoms with Crippen molar-refractivity contribution in [2.75, 3.05) is 10.6 Å². The van der Waals surface area contributed by atoms with E-state index in [1.165, 1.54) is 13.8 Å². The molecule has 0 saturated carbocycles. The summed E-state index contributed by atoms with van der Waals surface area (Å²) in [4.78, 5) is 45.1. The van der Waals surface area contributed by atoms with Gasteiger partial charge >= 0.3 is 0 Å². The maximum absolute atomic E-state index is 11.7. The van der Waals surface area contributed by atoms with Crippen LogP contribution in [-0.4, -0.2) is 23.4 Å². The molecule has 2 amide bonds.